The van der Waals surface area contributed by atoms with Crippen molar-refractivity contribution in [3.63, 3.8) is 0 Å². The van der Waals surface area contributed by atoms with Gasteiger partial charge in [0.05, 0.1) is 0 Å². The molecular weight excluding hydrogens is 267 g/mol. The predicted molar refractivity (Wildman–Crippen MR) is 66.2 cm³/mol. The van der Waals surface area contributed by atoms with Crippen molar-refractivity contribution in [3.05, 3.63) is 54.3 Å². The Morgan fingerprint density at radius 2 is 1.60 bits per heavy atom. The van der Waals surface area contributed by atoms with Crippen molar-refractivity contribution in [3.8, 4) is 11.1 Å². The van der Waals surface area contributed by atoms with Crippen LogP contribution in [0.2, 0.25) is 0 Å². The lowest BCUT2D eigenvalue weighted by atomic mass is 10.1. The van der Waals surface area contributed by atoms with Gasteiger partial charge in [-0.2, -0.15) is 0 Å². The van der Waals surface area contributed by atoms with E-state index in [-0.39, 0.29) is 24.0 Å². The first-order valence-corrected chi connectivity index (χ1v) is 9.31. The summed E-state index contributed by atoms with van der Waals surface area (Å²) in [6.45, 7) is 0. The van der Waals surface area contributed by atoms with E-state index >= 15 is 0 Å². The SMILES string of the molecule is Fc1ccc(-c2cccc[c]2[Mg][Br])cc1. The highest BCUT2D eigenvalue weighted by Gasteiger charge is 2.04. The summed E-state index contributed by atoms with van der Waals surface area (Å²) in [5.74, 6) is -0.188. The molecule has 0 spiro atoms. The van der Waals surface area contributed by atoms with Crippen LogP contribution in [-0.2, 0) is 0 Å². The van der Waals surface area contributed by atoms with E-state index in [1.165, 1.54) is 21.4 Å². The number of hydrogen-bond donors (Lipinski definition) is 0. The van der Waals surface area contributed by atoms with Crippen molar-refractivity contribution in [1.82, 2.24) is 0 Å². The second kappa shape index (κ2) is 5.10. The van der Waals surface area contributed by atoms with Crippen molar-refractivity contribution >= 4 is 34.8 Å². The topological polar surface area (TPSA) is 0 Å². The molecule has 0 aliphatic heterocycles. The maximum atomic E-state index is 12.8. The molecule has 0 bridgehead atoms. The van der Waals surface area contributed by atoms with Crippen LogP contribution in [0.15, 0.2) is 48.5 Å². The van der Waals surface area contributed by atoms with Gasteiger partial charge < -0.3 is 0 Å². The summed E-state index contributed by atoms with van der Waals surface area (Å²) in [6.07, 6.45) is 0. The minimum atomic E-state index is -0.372. The van der Waals surface area contributed by atoms with Crippen molar-refractivity contribution in [2.45, 2.75) is 0 Å². The van der Waals surface area contributed by atoms with E-state index in [0.717, 1.165) is 5.56 Å². The second-order valence-corrected chi connectivity index (χ2v) is 6.01. The number of halogens is 2. The van der Waals surface area contributed by atoms with Gasteiger partial charge in [0.15, 0.2) is 0 Å². The van der Waals surface area contributed by atoms with E-state index in [9.17, 15) is 4.39 Å². The van der Waals surface area contributed by atoms with Crippen LogP contribution in [-0.4, -0.2) is 18.2 Å². The number of benzene rings is 2. The van der Waals surface area contributed by atoms with Gasteiger partial charge in [-0.25, -0.2) is 4.39 Å². The lowest BCUT2D eigenvalue weighted by molar-refractivity contribution is 0.628. The third kappa shape index (κ3) is 2.59. The van der Waals surface area contributed by atoms with Crippen LogP contribution in [0.25, 0.3) is 11.1 Å². The molecule has 0 N–H and O–H groups in total. The first-order chi connectivity index (χ1) is 7.31. The van der Waals surface area contributed by atoms with Gasteiger partial charge in [0.1, 0.15) is 5.82 Å². The van der Waals surface area contributed by atoms with Crippen LogP contribution in [0.3, 0.4) is 0 Å². The van der Waals surface area contributed by atoms with Crippen molar-refractivity contribution in [1.29, 1.82) is 0 Å². The van der Waals surface area contributed by atoms with Crippen LogP contribution in [0.5, 0.6) is 0 Å². The highest BCUT2D eigenvalue weighted by molar-refractivity contribution is 9.23. The van der Waals surface area contributed by atoms with Gasteiger partial charge in [0.2, 0.25) is 0 Å². The average molecular weight is 275 g/mol. The molecule has 0 atom stereocenters. The third-order valence-electron chi connectivity index (χ3n) is 2.32. The van der Waals surface area contributed by atoms with Crippen LogP contribution in [0.4, 0.5) is 4.39 Å². The fourth-order valence-corrected chi connectivity index (χ4v) is 3.71. The molecule has 0 aliphatic rings. The molecule has 0 unspecified atom stereocenters. The molecule has 0 saturated carbocycles. The van der Waals surface area contributed by atoms with E-state index in [1.807, 2.05) is 24.3 Å². The van der Waals surface area contributed by atoms with Gasteiger partial charge in [-0.3, -0.25) is 12.9 Å². The molecule has 0 fully saturated rings. The summed E-state index contributed by atoms with van der Waals surface area (Å²) in [6, 6.07) is 14.9. The second-order valence-electron chi connectivity index (χ2n) is 3.30. The maximum absolute atomic E-state index is 12.8. The largest absolute Gasteiger partial charge is 0.507 e. The quantitative estimate of drug-likeness (QED) is 0.739. The Morgan fingerprint density at radius 3 is 2.27 bits per heavy atom. The molecule has 2 aromatic carbocycles. The van der Waals surface area contributed by atoms with Crippen molar-refractivity contribution < 1.29 is 4.39 Å². The van der Waals surface area contributed by atoms with Gasteiger partial charge in [0.25, 0.3) is 0 Å². The van der Waals surface area contributed by atoms with Crippen LogP contribution >= 0.6 is 12.9 Å². The molecule has 3 heteroatoms. The molecule has 0 aromatic heterocycles. The molecule has 0 nitrogen and oxygen atoms in total. The molecule has 0 aliphatic carbocycles. The molecule has 15 heavy (non-hydrogen) atoms. The van der Waals surface area contributed by atoms with E-state index < -0.39 is 0 Å². The Kier molecular flexibility index (Phi) is 3.78. The molecule has 2 rings (SSSR count). The molecule has 0 radical (unpaired) electrons. The molecule has 2 aromatic rings. The van der Waals surface area contributed by atoms with Gasteiger partial charge in [-0.05, 0) is 23.3 Å². The van der Waals surface area contributed by atoms with Gasteiger partial charge in [0, 0.05) is 0 Å². The van der Waals surface area contributed by atoms with Crippen molar-refractivity contribution in [2.75, 3.05) is 0 Å². The van der Waals surface area contributed by atoms with Gasteiger partial charge in [-0.15, -0.1) is 3.69 Å². The zero-order valence-corrected chi connectivity index (χ0v) is 11.1. The fraction of sp³-hybridized carbons (Fsp3) is 0. The van der Waals surface area contributed by atoms with E-state index in [4.69, 9.17) is 0 Å². The van der Waals surface area contributed by atoms with E-state index in [2.05, 4.69) is 25.0 Å². The predicted octanol–water partition coefficient (Wildman–Crippen LogP) is 3.13. The zero-order chi connectivity index (χ0) is 10.7. The highest BCUT2D eigenvalue weighted by atomic mass is 79.9. The first kappa shape index (κ1) is 11.1. The Morgan fingerprint density at radius 1 is 0.933 bits per heavy atom. The van der Waals surface area contributed by atoms with Crippen LogP contribution in [0, 0.1) is 5.82 Å². The highest BCUT2D eigenvalue weighted by Crippen LogP contribution is 2.17. The number of hydrogen-bond acceptors (Lipinski definition) is 0. The van der Waals surface area contributed by atoms with Crippen molar-refractivity contribution in [2.24, 2.45) is 0 Å². The fourth-order valence-electron chi connectivity index (χ4n) is 1.55. The van der Waals surface area contributed by atoms with E-state index in [0.29, 0.717) is 0 Å². The standard InChI is InChI=1S/C12H8F.BrH.Mg/c13-12-8-6-11(7-9-12)10-4-2-1-3-5-10;;/h1-4,6-9H;1H;/q;;+1/p-1. The van der Waals surface area contributed by atoms with Gasteiger partial charge >= 0.3 is 18.2 Å². The lowest BCUT2D eigenvalue weighted by Crippen LogP contribution is -2.11. The minimum Gasteiger partial charge on any atom is -0.296 e. The summed E-state index contributed by atoms with van der Waals surface area (Å²) in [4.78, 5) is 0. The van der Waals surface area contributed by atoms with E-state index in [1.54, 1.807) is 0 Å². The first-order valence-electron chi connectivity index (χ1n) is 4.71. The summed E-state index contributed by atoms with van der Waals surface area (Å²) in [5.41, 5.74) is 2.29. The average Bonchev–Trinajstić information content (AvgIpc) is 2.30. The smallest absolute Gasteiger partial charge is 0.296 e. The minimum absolute atomic E-state index is 0.188. The molecule has 0 saturated heterocycles. The maximum Gasteiger partial charge on any atom is 0.507 e. The lowest BCUT2D eigenvalue weighted by Gasteiger charge is -2.07. The molecule has 0 heterocycles. The Bertz CT molecular complexity index is 453. The Hall–Kier alpha value is -0.384. The summed E-state index contributed by atoms with van der Waals surface area (Å²) >= 11 is 3.21. The normalized spacial score (nSPS) is 9.73. The molecule has 0 amide bonds. The Balaban J connectivity index is 2.49. The summed E-state index contributed by atoms with van der Waals surface area (Å²) in [7, 11) is 0. The number of rotatable bonds is 2. The monoisotopic (exact) mass is 274 g/mol. The summed E-state index contributed by atoms with van der Waals surface area (Å²) in [5, 5.41) is 0. The summed E-state index contributed by atoms with van der Waals surface area (Å²) < 4.78 is 14.1. The molecule has 72 valence electrons. The van der Waals surface area contributed by atoms with Gasteiger partial charge in [-0.1, -0.05) is 36.4 Å². The third-order valence-corrected chi connectivity index (χ3v) is 5.03. The Labute approximate surface area is 104 Å². The van der Waals surface area contributed by atoms with Crippen LogP contribution in [0.1, 0.15) is 0 Å². The zero-order valence-electron chi connectivity index (χ0n) is 8.08. The molecular formula is C12H8BrFMg. The van der Waals surface area contributed by atoms with Crippen LogP contribution < -0.4 is 3.69 Å².